The van der Waals surface area contributed by atoms with E-state index in [9.17, 15) is 14.4 Å². The minimum absolute atomic E-state index is 0.0603. The van der Waals surface area contributed by atoms with Gasteiger partial charge in [0, 0.05) is 36.4 Å². The lowest BCUT2D eigenvalue weighted by atomic mass is 9.98. The zero-order valence-electron chi connectivity index (χ0n) is 15.6. The van der Waals surface area contributed by atoms with Gasteiger partial charge >= 0.3 is 12.0 Å². The van der Waals surface area contributed by atoms with Crippen molar-refractivity contribution in [3.05, 3.63) is 64.0 Å². The number of carbonyl (C=O) groups is 2. The molecule has 150 valence electrons. The highest BCUT2D eigenvalue weighted by Gasteiger charge is 2.29. The fourth-order valence-corrected chi connectivity index (χ4v) is 4.04. The van der Waals surface area contributed by atoms with E-state index in [1.807, 2.05) is 30.3 Å². The summed E-state index contributed by atoms with van der Waals surface area (Å²) >= 11 is 1.34. The third kappa shape index (κ3) is 4.45. The number of piperidine rings is 1. The number of nitrogens with zero attached hydrogens (tertiary/aromatic N) is 3. The largest absolute Gasteiger partial charge is 0.459 e. The first-order chi connectivity index (χ1) is 14.1. The number of aromatic nitrogens is 2. The molecule has 0 saturated carbocycles. The molecule has 0 spiro atoms. The quantitative estimate of drug-likeness (QED) is 0.665. The average Bonchev–Trinajstić information content (AvgIpc) is 3.22. The SMILES string of the molecule is O=C(OCc1cc(=O)n2ccsc2n1)[C@@H]1CCCN(C(=O)Nc2ccccc2)C1. The summed E-state index contributed by atoms with van der Waals surface area (Å²) in [5.41, 5.74) is 0.924. The Hall–Kier alpha value is -3.20. The number of esters is 1. The summed E-state index contributed by atoms with van der Waals surface area (Å²) in [6.07, 6.45) is 3.04. The van der Waals surface area contributed by atoms with Crippen molar-refractivity contribution in [3.8, 4) is 0 Å². The Kier molecular flexibility index (Phi) is 5.57. The number of rotatable bonds is 4. The first-order valence-corrected chi connectivity index (χ1v) is 10.2. The molecule has 1 atom stereocenters. The monoisotopic (exact) mass is 412 g/mol. The van der Waals surface area contributed by atoms with Crippen molar-refractivity contribution in [3.63, 3.8) is 0 Å². The van der Waals surface area contributed by atoms with Gasteiger partial charge in [-0.2, -0.15) is 0 Å². The number of urea groups is 1. The van der Waals surface area contributed by atoms with E-state index in [-0.39, 0.29) is 24.2 Å². The second kappa shape index (κ2) is 8.44. The number of anilines is 1. The van der Waals surface area contributed by atoms with Crippen LogP contribution in [-0.2, 0) is 16.1 Å². The van der Waals surface area contributed by atoms with Crippen LogP contribution in [0.4, 0.5) is 10.5 Å². The molecule has 0 aliphatic carbocycles. The number of hydrogen-bond acceptors (Lipinski definition) is 6. The Morgan fingerprint density at radius 1 is 1.28 bits per heavy atom. The second-order valence-electron chi connectivity index (χ2n) is 6.83. The number of amides is 2. The van der Waals surface area contributed by atoms with Gasteiger partial charge < -0.3 is 15.0 Å². The van der Waals surface area contributed by atoms with Crippen molar-refractivity contribution in [2.75, 3.05) is 18.4 Å². The van der Waals surface area contributed by atoms with Crippen LogP contribution in [0, 0.1) is 5.92 Å². The molecule has 4 rings (SSSR count). The molecule has 3 heterocycles. The van der Waals surface area contributed by atoms with Gasteiger partial charge in [0.2, 0.25) is 0 Å². The standard InChI is InChI=1S/C20H20N4O4S/c25-17-11-16(22-20-24(17)9-10-29-20)13-28-18(26)14-5-4-8-23(12-14)19(27)21-15-6-2-1-3-7-15/h1-3,6-7,9-11,14H,4-5,8,12-13H2,(H,21,27)/t14-/m1/s1. The Labute approximate surface area is 170 Å². The molecule has 1 aliphatic rings. The first-order valence-electron chi connectivity index (χ1n) is 9.33. The molecule has 3 aromatic rings. The summed E-state index contributed by atoms with van der Waals surface area (Å²) in [6.45, 7) is 0.836. The van der Waals surface area contributed by atoms with Gasteiger partial charge in [0.15, 0.2) is 4.96 Å². The summed E-state index contributed by atoms with van der Waals surface area (Å²) in [4.78, 5) is 43.5. The van der Waals surface area contributed by atoms with E-state index in [0.29, 0.717) is 35.9 Å². The number of likely N-dealkylation sites (tertiary alicyclic amines) is 1. The fraction of sp³-hybridized carbons (Fsp3) is 0.300. The molecule has 0 unspecified atom stereocenters. The van der Waals surface area contributed by atoms with E-state index in [0.717, 1.165) is 6.42 Å². The lowest BCUT2D eigenvalue weighted by Gasteiger charge is -2.31. The van der Waals surface area contributed by atoms with Crippen molar-refractivity contribution in [1.82, 2.24) is 14.3 Å². The molecular formula is C20H20N4O4S. The Balaban J connectivity index is 1.34. The second-order valence-corrected chi connectivity index (χ2v) is 7.70. The minimum atomic E-state index is -0.392. The topological polar surface area (TPSA) is 93.0 Å². The van der Waals surface area contributed by atoms with Crippen LogP contribution in [0.1, 0.15) is 18.5 Å². The molecule has 2 aromatic heterocycles. The molecule has 1 saturated heterocycles. The highest BCUT2D eigenvalue weighted by Crippen LogP contribution is 2.20. The van der Waals surface area contributed by atoms with Gasteiger partial charge in [-0.25, -0.2) is 9.78 Å². The molecule has 29 heavy (non-hydrogen) atoms. The molecule has 1 fully saturated rings. The normalized spacial score (nSPS) is 16.6. The van der Waals surface area contributed by atoms with Gasteiger partial charge in [0.05, 0.1) is 11.6 Å². The van der Waals surface area contributed by atoms with Crippen molar-refractivity contribution in [1.29, 1.82) is 0 Å². The Bertz CT molecular complexity index is 1080. The lowest BCUT2D eigenvalue weighted by Crippen LogP contribution is -2.44. The number of carbonyl (C=O) groups excluding carboxylic acids is 2. The van der Waals surface area contributed by atoms with Gasteiger partial charge in [-0.3, -0.25) is 14.0 Å². The van der Waals surface area contributed by atoms with E-state index < -0.39 is 5.92 Å². The van der Waals surface area contributed by atoms with Gasteiger partial charge in [0.25, 0.3) is 5.56 Å². The summed E-state index contributed by atoms with van der Waals surface area (Å²) in [5, 5.41) is 4.61. The summed E-state index contributed by atoms with van der Waals surface area (Å²) in [6, 6.07) is 10.3. The van der Waals surface area contributed by atoms with Crippen LogP contribution in [0.3, 0.4) is 0 Å². The van der Waals surface area contributed by atoms with Crippen LogP contribution >= 0.6 is 11.3 Å². The molecule has 0 bridgehead atoms. The van der Waals surface area contributed by atoms with E-state index in [4.69, 9.17) is 4.74 Å². The minimum Gasteiger partial charge on any atom is -0.459 e. The van der Waals surface area contributed by atoms with E-state index in [1.165, 1.54) is 21.8 Å². The molecule has 0 radical (unpaired) electrons. The molecule has 9 heteroatoms. The summed E-state index contributed by atoms with van der Waals surface area (Å²) in [5.74, 6) is -0.771. The smallest absolute Gasteiger partial charge is 0.321 e. The number of para-hydroxylation sites is 1. The van der Waals surface area contributed by atoms with Crippen LogP contribution < -0.4 is 10.9 Å². The highest BCUT2D eigenvalue weighted by atomic mass is 32.1. The van der Waals surface area contributed by atoms with Gasteiger partial charge in [-0.1, -0.05) is 18.2 Å². The van der Waals surface area contributed by atoms with E-state index in [2.05, 4.69) is 10.3 Å². The maximum atomic E-state index is 12.5. The number of thiazole rings is 1. The Morgan fingerprint density at radius 3 is 2.93 bits per heavy atom. The molecule has 1 aliphatic heterocycles. The third-order valence-corrected chi connectivity index (χ3v) is 5.54. The van der Waals surface area contributed by atoms with Gasteiger partial charge in [0.1, 0.15) is 6.61 Å². The summed E-state index contributed by atoms with van der Waals surface area (Å²) < 4.78 is 6.84. The van der Waals surface area contributed by atoms with Crippen LogP contribution in [-0.4, -0.2) is 39.4 Å². The number of hydrogen-bond donors (Lipinski definition) is 1. The third-order valence-electron chi connectivity index (χ3n) is 4.79. The summed E-state index contributed by atoms with van der Waals surface area (Å²) in [7, 11) is 0. The molecule has 1 N–H and O–H groups in total. The van der Waals surface area contributed by atoms with Crippen LogP contribution in [0.2, 0.25) is 0 Å². The van der Waals surface area contributed by atoms with Crippen LogP contribution in [0.25, 0.3) is 4.96 Å². The molecule has 8 nitrogen and oxygen atoms in total. The van der Waals surface area contributed by atoms with Crippen molar-refractivity contribution >= 4 is 34.0 Å². The van der Waals surface area contributed by atoms with Crippen molar-refractivity contribution < 1.29 is 14.3 Å². The van der Waals surface area contributed by atoms with Crippen LogP contribution in [0.5, 0.6) is 0 Å². The van der Waals surface area contributed by atoms with Crippen LogP contribution in [0.15, 0.2) is 52.8 Å². The number of benzene rings is 1. The zero-order chi connectivity index (χ0) is 20.2. The zero-order valence-corrected chi connectivity index (χ0v) is 16.4. The van der Waals surface area contributed by atoms with E-state index in [1.54, 1.807) is 16.5 Å². The number of ether oxygens (including phenoxy) is 1. The molecule has 2 amide bonds. The maximum absolute atomic E-state index is 12.5. The fourth-order valence-electron chi connectivity index (χ4n) is 3.30. The maximum Gasteiger partial charge on any atom is 0.321 e. The average molecular weight is 412 g/mol. The molecular weight excluding hydrogens is 392 g/mol. The first kappa shape index (κ1) is 19.1. The number of fused-ring (bicyclic) bond motifs is 1. The number of nitrogens with one attached hydrogen (secondary N) is 1. The highest BCUT2D eigenvalue weighted by molar-refractivity contribution is 7.15. The van der Waals surface area contributed by atoms with Gasteiger partial charge in [-0.05, 0) is 25.0 Å². The predicted molar refractivity (Wildman–Crippen MR) is 109 cm³/mol. The van der Waals surface area contributed by atoms with E-state index >= 15 is 0 Å². The van der Waals surface area contributed by atoms with Crippen molar-refractivity contribution in [2.45, 2.75) is 19.4 Å². The lowest BCUT2D eigenvalue weighted by molar-refractivity contribution is -0.151. The molecule has 1 aromatic carbocycles. The van der Waals surface area contributed by atoms with Crippen molar-refractivity contribution in [2.24, 2.45) is 5.92 Å². The Morgan fingerprint density at radius 2 is 2.10 bits per heavy atom. The predicted octanol–water partition coefficient (Wildman–Crippen LogP) is 2.74. The van der Waals surface area contributed by atoms with Gasteiger partial charge in [-0.15, -0.1) is 11.3 Å².